The Bertz CT molecular complexity index is 585. The molecule has 2 aromatic rings. The van der Waals surface area contributed by atoms with Crippen molar-refractivity contribution in [3.8, 4) is 0 Å². The van der Waals surface area contributed by atoms with E-state index in [1.54, 1.807) is 0 Å². The van der Waals surface area contributed by atoms with Crippen molar-refractivity contribution in [3.63, 3.8) is 0 Å². The van der Waals surface area contributed by atoms with Gasteiger partial charge in [0.1, 0.15) is 0 Å². The second kappa shape index (κ2) is 6.76. The van der Waals surface area contributed by atoms with Gasteiger partial charge in [0.15, 0.2) is 0 Å². The predicted molar refractivity (Wildman–Crippen MR) is 83.2 cm³/mol. The minimum absolute atomic E-state index is 0.108. The van der Waals surface area contributed by atoms with Crippen molar-refractivity contribution in [1.82, 2.24) is 19.6 Å². The lowest BCUT2D eigenvalue weighted by molar-refractivity contribution is 0.268. The van der Waals surface area contributed by atoms with E-state index in [-0.39, 0.29) is 6.61 Å². The number of aliphatic hydroxyl groups excluding tert-OH is 1. The van der Waals surface area contributed by atoms with Crippen molar-refractivity contribution in [2.75, 3.05) is 11.9 Å². The minimum Gasteiger partial charge on any atom is -0.394 e. The molecule has 0 aliphatic carbocycles. The first-order valence-electron chi connectivity index (χ1n) is 7.41. The Morgan fingerprint density at radius 3 is 2.76 bits per heavy atom. The van der Waals surface area contributed by atoms with Crippen molar-refractivity contribution in [2.24, 2.45) is 5.92 Å². The highest BCUT2D eigenvalue weighted by Gasteiger charge is 2.11. The number of rotatable bonds is 7. The third-order valence-electron chi connectivity index (χ3n) is 3.50. The van der Waals surface area contributed by atoms with E-state index >= 15 is 0 Å². The van der Waals surface area contributed by atoms with Crippen LogP contribution in [0.2, 0.25) is 0 Å². The number of nitrogens with zero attached hydrogens (tertiary/aromatic N) is 4. The minimum atomic E-state index is 0.108. The van der Waals surface area contributed by atoms with E-state index in [4.69, 9.17) is 5.11 Å². The number of aryl methyl sites for hydroxylation is 1. The van der Waals surface area contributed by atoms with E-state index in [1.807, 2.05) is 35.6 Å². The second-order valence-corrected chi connectivity index (χ2v) is 5.79. The molecule has 0 amide bonds. The van der Waals surface area contributed by atoms with Gasteiger partial charge in [-0.25, -0.2) is 0 Å². The molecule has 2 aromatic heterocycles. The zero-order valence-electron chi connectivity index (χ0n) is 13.3. The summed E-state index contributed by atoms with van der Waals surface area (Å²) in [7, 11) is 0. The van der Waals surface area contributed by atoms with Crippen LogP contribution < -0.4 is 5.32 Å². The molecule has 0 aromatic carbocycles. The molecule has 0 aliphatic rings. The number of hydrogen-bond donors (Lipinski definition) is 2. The molecule has 0 saturated carbocycles. The van der Waals surface area contributed by atoms with Crippen molar-refractivity contribution in [2.45, 2.75) is 47.3 Å². The molecule has 0 bridgehead atoms. The fraction of sp³-hybridized carbons (Fsp3) is 0.600. The van der Waals surface area contributed by atoms with Crippen LogP contribution in [0, 0.1) is 19.8 Å². The highest BCUT2D eigenvalue weighted by Crippen LogP contribution is 2.16. The summed E-state index contributed by atoms with van der Waals surface area (Å²) >= 11 is 0. The lowest BCUT2D eigenvalue weighted by Gasteiger charge is -2.06. The van der Waals surface area contributed by atoms with Crippen LogP contribution >= 0.6 is 0 Å². The Kier molecular flexibility index (Phi) is 5.01. The Morgan fingerprint density at radius 2 is 2.10 bits per heavy atom. The van der Waals surface area contributed by atoms with Crippen molar-refractivity contribution in [1.29, 1.82) is 0 Å². The van der Waals surface area contributed by atoms with Crippen molar-refractivity contribution < 1.29 is 5.11 Å². The molecule has 21 heavy (non-hydrogen) atoms. The van der Waals surface area contributed by atoms with Crippen LogP contribution in [-0.4, -0.2) is 31.3 Å². The molecule has 0 atom stereocenters. The number of aromatic nitrogens is 4. The second-order valence-electron chi connectivity index (χ2n) is 5.79. The number of hydrogen-bond acceptors (Lipinski definition) is 4. The summed E-state index contributed by atoms with van der Waals surface area (Å²) in [5.41, 5.74) is 4.30. The molecular weight excluding hydrogens is 266 g/mol. The molecule has 0 aliphatic heterocycles. The monoisotopic (exact) mass is 291 g/mol. The van der Waals surface area contributed by atoms with Crippen LogP contribution in [0.1, 0.15) is 30.8 Å². The molecule has 2 N–H and O–H groups in total. The predicted octanol–water partition coefficient (Wildman–Crippen LogP) is 1.96. The fourth-order valence-electron chi connectivity index (χ4n) is 2.42. The van der Waals surface area contributed by atoms with Crippen LogP contribution in [0.15, 0.2) is 12.4 Å². The molecule has 2 rings (SSSR count). The molecule has 0 saturated heterocycles. The smallest absolute Gasteiger partial charge is 0.0729 e. The maximum Gasteiger partial charge on any atom is 0.0729 e. The van der Waals surface area contributed by atoms with E-state index in [0.29, 0.717) is 12.5 Å². The first kappa shape index (κ1) is 15.6. The summed E-state index contributed by atoms with van der Waals surface area (Å²) < 4.78 is 3.82. The summed E-state index contributed by atoms with van der Waals surface area (Å²) in [6.45, 7) is 10.7. The van der Waals surface area contributed by atoms with Gasteiger partial charge in [0, 0.05) is 30.5 Å². The molecular formula is C15H25N5O. The third kappa shape index (κ3) is 3.85. The van der Waals surface area contributed by atoms with Gasteiger partial charge in [-0.2, -0.15) is 10.2 Å². The number of anilines is 1. The van der Waals surface area contributed by atoms with E-state index < -0.39 is 0 Å². The normalized spacial score (nSPS) is 11.3. The zero-order valence-corrected chi connectivity index (χ0v) is 13.3. The quantitative estimate of drug-likeness (QED) is 0.818. The van der Waals surface area contributed by atoms with Gasteiger partial charge in [-0.05, 0) is 19.8 Å². The number of nitrogens with one attached hydrogen (secondary N) is 1. The lowest BCUT2D eigenvalue weighted by Crippen LogP contribution is -2.07. The summed E-state index contributed by atoms with van der Waals surface area (Å²) in [6.07, 6.45) is 3.88. The largest absolute Gasteiger partial charge is 0.394 e. The molecule has 0 radical (unpaired) electrons. The van der Waals surface area contributed by atoms with Crippen molar-refractivity contribution >= 4 is 5.69 Å². The van der Waals surface area contributed by atoms with Gasteiger partial charge in [-0.15, -0.1) is 0 Å². The van der Waals surface area contributed by atoms with Gasteiger partial charge >= 0.3 is 0 Å². The van der Waals surface area contributed by atoms with Gasteiger partial charge in [-0.1, -0.05) is 13.8 Å². The fourth-order valence-corrected chi connectivity index (χ4v) is 2.42. The molecule has 6 heteroatoms. The van der Waals surface area contributed by atoms with Gasteiger partial charge in [0.2, 0.25) is 0 Å². The zero-order chi connectivity index (χ0) is 15.4. The van der Waals surface area contributed by atoms with E-state index in [2.05, 4.69) is 29.4 Å². The topological polar surface area (TPSA) is 67.9 Å². The van der Waals surface area contributed by atoms with Gasteiger partial charge < -0.3 is 10.4 Å². The molecule has 116 valence electrons. The highest BCUT2D eigenvalue weighted by atomic mass is 16.3. The van der Waals surface area contributed by atoms with Crippen LogP contribution in [0.5, 0.6) is 0 Å². The number of aliphatic hydroxyl groups is 1. The average molecular weight is 291 g/mol. The van der Waals surface area contributed by atoms with Crippen LogP contribution in [0.3, 0.4) is 0 Å². The SMILES string of the molecule is Cc1nn(CCO)c(C)c1CNc1cnn(CC(C)C)c1. The van der Waals surface area contributed by atoms with Crippen molar-refractivity contribution in [3.05, 3.63) is 29.3 Å². The van der Waals surface area contributed by atoms with Crippen LogP contribution in [-0.2, 0) is 19.6 Å². The first-order chi connectivity index (χ1) is 10.0. The van der Waals surface area contributed by atoms with Gasteiger partial charge in [-0.3, -0.25) is 9.36 Å². The molecule has 2 heterocycles. The Morgan fingerprint density at radius 1 is 1.33 bits per heavy atom. The van der Waals surface area contributed by atoms with Crippen LogP contribution in [0.25, 0.3) is 0 Å². The Labute approximate surface area is 125 Å². The first-order valence-corrected chi connectivity index (χ1v) is 7.41. The molecule has 0 fully saturated rings. The molecule has 6 nitrogen and oxygen atoms in total. The Balaban J connectivity index is 2.01. The van der Waals surface area contributed by atoms with E-state index in [1.165, 1.54) is 5.56 Å². The molecule has 0 unspecified atom stereocenters. The van der Waals surface area contributed by atoms with Gasteiger partial charge in [0.05, 0.1) is 30.7 Å². The maximum absolute atomic E-state index is 9.04. The summed E-state index contributed by atoms with van der Waals surface area (Å²) in [5, 5.41) is 21.2. The lowest BCUT2D eigenvalue weighted by atomic mass is 10.2. The maximum atomic E-state index is 9.04. The third-order valence-corrected chi connectivity index (χ3v) is 3.50. The Hall–Kier alpha value is -1.82. The summed E-state index contributed by atoms with van der Waals surface area (Å²) in [6, 6.07) is 0. The van der Waals surface area contributed by atoms with Gasteiger partial charge in [0.25, 0.3) is 0 Å². The summed E-state index contributed by atoms with van der Waals surface area (Å²) in [4.78, 5) is 0. The molecule has 0 spiro atoms. The van der Waals surface area contributed by atoms with E-state index in [0.717, 1.165) is 30.2 Å². The standard InChI is InChI=1S/C15H25N5O/c1-11(2)9-19-10-14(7-17-19)16-8-15-12(3)18-20(5-6-21)13(15)4/h7,10-11,16,21H,5-6,8-9H2,1-4H3. The summed E-state index contributed by atoms with van der Waals surface area (Å²) in [5.74, 6) is 0.582. The average Bonchev–Trinajstić information content (AvgIpc) is 2.94. The highest BCUT2D eigenvalue weighted by molar-refractivity contribution is 5.40. The van der Waals surface area contributed by atoms with Crippen LogP contribution in [0.4, 0.5) is 5.69 Å². The van der Waals surface area contributed by atoms with E-state index in [9.17, 15) is 0 Å².